The molecule has 2 N–H and O–H groups in total. The van der Waals surface area contributed by atoms with Gasteiger partial charge in [-0.05, 0) is 38.3 Å². The van der Waals surface area contributed by atoms with Crippen molar-refractivity contribution < 1.29 is 0 Å². The van der Waals surface area contributed by atoms with E-state index in [-0.39, 0.29) is 0 Å². The lowest BCUT2D eigenvalue weighted by atomic mass is 10.0. The number of nitrogens with zero attached hydrogens (tertiary/aromatic N) is 3. The van der Waals surface area contributed by atoms with E-state index in [9.17, 15) is 0 Å². The van der Waals surface area contributed by atoms with E-state index < -0.39 is 0 Å². The molecule has 0 amide bonds. The maximum Gasteiger partial charge on any atom is 0.0863 e. The minimum Gasteiger partial charge on any atom is -0.330 e. The molecule has 114 valence electrons. The minimum atomic E-state index is 0.598. The summed E-state index contributed by atoms with van der Waals surface area (Å²) in [5.74, 6) is 0.632. The van der Waals surface area contributed by atoms with Gasteiger partial charge in [0.15, 0.2) is 0 Å². The zero-order valence-corrected chi connectivity index (χ0v) is 13.7. The second kappa shape index (κ2) is 6.92. The molecule has 1 aliphatic rings. The fraction of sp³-hybridized carbons (Fsp3) is 0.800. The number of nitrogens with two attached hydrogens (primary N) is 1. The lowest BCUT2D eigenvalue weighted by Gasteiger charge is -2.31. The molecule has 5 heteroatoms. The van der Waals surface area contributed by atoms with Gasteiger partial charge in [0.25, 0.3) is 0 Å². The van der Waals surface area contributed by atoms with Gasteiger partial charge in [-0.1, -0.05) is 31.9 Å². The summed E-state index contributed by atoms with van der Waals surface area (Å²) in [5, 5.41) is 5.36. The van der Waals surface area contributed by atoms with E-state index in [1.807, 2.05) is 11.7 Å². The van der Waals surface area contributed by atoms with Crippen molar-refractivity contribution in [3.8, 4) is 0 Å². The Morgan fingerprint density at radius 3 is 2.70 bits per heavy atom. The van der Waals surface area contributed by atoms with Gasteiger partial charge in [0.1, 0.15) is 0 Å². The van der Waals surface area contributed by atoms with Gasteiger partial charge in [0, 0.05) is 19.6 Å². The highest BCUT2D eigenvalue weighted by atomic mass is 35.5. The molecular weight excluding hydrogens is 272 g/mol. The Morgan fingerprint density at radius 1 is 1.40 bits per heavy atom. The van der Waals surface area contributed by atoms with Gasteiger partial charge in [-0.25, -0.2) is 0 Å². The van der Waals surface area contributed by atoms with Gasteiger partial charge >= 0.3 is 0 Å². The minimum absolute atomic E-state index is 0.598. The molecule has 4 nitrogen and oxygen atoms in total. The van der Waals surface area contributed by atoms with Crippen LogP contribution >= 0.6 is 11.6 Å². The average molecular weight is 299 g/mol. The number of aryl methyl sites for hydroxylation is 2. The van der Waals surface area contributed by atoms with Crippen LogP contribution in [0.15, 0.2) is 0 Å². The Labute approximate surface area is 127 Å². The summed E-state index contributed by atoms with van der Waals surface area (Å²) in [5.41, 5.74) is 8.06. The third kappa shape index (κ3) is 3.02. The normalized spacial score (nSPS) is 22.9. The van der Waals surface area contributed by atoms with Gasteiger partial charge in [0.05, 0.1) is 16.4 Å². The molecule has 2 rings (SSSR count). The van der Waals surface area contributed by atoms with Gasteiger partial charge in [0.2, 0.25) is 0 Å². The number of hydrogen-bond donors (Lipinski definition) is 1. The first-order chi connectivity index (χ1) is 9.62. The molecule has 1 fully saturated rings. The Kier molecular flexibility index (Phi) is 5.47. The van der Waals surface area contributed by atoms with Crippen molar-refractivity contribution in [1.82, 2.24) is 14.7 Å². The third-order valence-corrected chi connectivity index (χ3v) is 5.09. The highest BCUT2D eigenvalue weighted by Crippen LogP contribution is 2.31. The van der Waals surface area contributed by atoms with Crippen molar-refractivity contribution in [2.75, 3.05) is 13.1 Å². The quantitative estimate of drug-likeness (QED) is 0.878. The highest BCUT2D eigenvalue weighted by molar-refractivity contribution is 6.31. The lowest BCUT2D eigenvalue weighted by molar-refractivity contribution is 0.158. The van der Waals surface area contributed by atoms with Gasteiger partial charge in [-0.2, -0.15) is 5.10 Å². The number of hydrogen-bond acceptors (Lipinski definition) is 3. The van der Waals surface area contributed by atoms with E-state index >= 15 is 0 Å². The summed E-state index contributed by atoms with van der Waals surface area (Å²) in [6.07, 6.45) is 4.69. The molecule has 1 aliphatic carbocycles. The molecule has 0 aromatic carbocycles. The van der Waals surface area contributed by atoms with Crippen LogP contribution in [0.3, 0.4) is 0 Å². The Morgan fingerprint density at radius 2 is 2.15 bits per heavy atom. The van der Waals surface area contributed by atoms with E-state index in [2.05, 4.69) is 23.8 Å². The molecule has 2 unspecified atom stereocenters. The molecule has 0 saturated heterocycles. The second-order valence-corrected chi connectivity index (χ2v) is 6.12. The van der Waals surface area contributed by atoms with Crippen LogP contribution in [-0.4, -0.2) is 33.8 Å². The molecule has 1 aromatic rings. The highest BCUT2D eigenvalue weighted by Gasteiger charge is 2.31. The Hall–Kier alpha value is -0.580. The monoisotopic (exact) mass is 298 g/mol. The molecule has 1 heterocycles. The number of rotatable bonds is 6. The van der Waals surface area contributed by atoms with E-state index in [1.54, 1.807) is 0 Å². The summed E-state index contributed by atoms with van der Waals surface area (Å²) in [6, 6.07) is 0.598. The maximum atomic E-state index is 6.47. The third-order valence-electron chi connectivity index (χ3n) is 4.65. The van der Waals surface area contributed by atoms with Crippen molar-refractivity contribution in [3.63, 3.8) is 0 Å². The van der Waals surface area contributed by atoms with Crippen LogP contribution in [0.4, 0.5) is 0 Å². The number of halogens is 1. The smallest absolute Gasteiger partial charge is 0.0863 e. The second-order valence-electron chi connectivity index (χ2n) is 5.74. The molecular formula is C15H27ClN4. The summed E-state index contributed by atoms with van der Waals surface area (Å²) >= 11 is 6.47. The molecule has 20 heavy (non-hydrogen) atoms. The Bertz CT molecular complexity index is 443. The van der Waals surface area contributed by atoms with Crippen LogP contribution in [0.1, 0.15) is 44.5 Å². The largest absolute Gasteiger partial charge is 0.330 e. The number of aromatic nitrogens is 2. The molecule has 2 atom stereocenters. The lowest BCUT2D eigenvalue weighted by Crippen LogP contribution is -2.40. The zero-order valence-electron chi connectivity index (χ0n) is 12.9. The Balaban J connectivity index is 2.16. The molecule has 0 spiro atoms. The first-order valence-corrected chi connectivity index (χ1v) is 8.14. The van der Waals surface area contributed by atoms with Crippen molar-refractivity contribution in [2.24, 2.45) is 18.7 Å². The van der Waals surface area contributed by atoms with E-state index in [4.69, 9.17) is 17.3 Å². The van der Waals surface area contributed by atoms with Gasteiger partial charge in [-0.3, -0.25) is 9.58 Å². The maximum absolute atomic E-state index is 6.47. The van der Waals surface area contributed by atoms with E-state index in [0.717, 1.165) is 42.5 Å². The van der Waals surface area contributed by atoms with Crippen LogP contribution in [0.5, 0.6) is 0 Å². The predicted octanol–water partition coefficient (Wildman–Crippen LogP) is 2.59. The van der Waals surface area contributed by atoms with E-state index in [0.29, 0.717) is 12.0 Å². The van der Waals surface area contributed by atoms with Gasteiger partial charge < -0.3 is 5.73 Å². The summed E-state index contributed by atoms with van der Waals surface area (Å²) in [4.78, 5) is 2.52. The zero-order chi connectivity index (χ0) is 14.7. The first-order valence-electron chi connectivity index (χ1n) is 7.76. The first kappa shape index (κ1) is 15.8. The van der Waals surface area contributed by atoms with Gasteiger partial charge in [-0.15, -0.1) is 0 Å². The molecule has 0 aliphatic heterocycles. The molecule has 0 radical (unpaired) electrons. The van der Waals surface area contributed by atoms with Crippen LogP contribution in [0.25, 0.3) is 0 Å². The van der Waals surface area contributed by atoms with Crippen molar-refractivity contribution in [1.29, 1.82) is 0 Å². The molecule has 1 aromatic heterocycles. The fourth-order valence-corrected chi connectivity index (χ4v) is 3.77. The summed E-state index contributed by atoms with van der Waals surface area (Å²) in [6.45, 7) is 7.01. The molecule has 0 bridgehead atoms. The van der Waals surface area contributed by atoms with Crippen LogP contribution in [-0.2, 0) is 20.0 Å². The standard InChI is InChI=1S/C15H27ClN4/c1-4-12-15(16)14(19(3)18-12)10-20(5-2)13-8-6-7-11(13)9-17/h11,13H,4-10,17H2,1-3H3. The van der Waals surface area contributed by atoms with Crippen LogP contribution in [0, 0.1) is 5.92 Å². The average Bonchev–Trinajstić information content (AvgIpc) is 3.02. The van der Waals surface area contributed by atoms with Crippen molar-refractivity contribution in [3.05, 3.63) is 16.4 Å². The van der Waals surface area contributed by atoms with Crippen LogP contribution in [0.2, 0.25) is 5.02 Å². The van der Waals surface area contributed by atoms with Crippen molar-refractivity contribution in [2.45, 2.75) is 52.1 Å². The topological polar surface area (TPSA) is 47.1 Å². The summed E-state index contributed by atoms with van der Waals surface area (Å²) < 4.78 is 1.94. The summed E-state index contributed by atoms with van der Waals surface area (Å²) in [7, 11) is 1.99. The predicted molar refractivity (Wildman–Crippen MR) is 83.9 cm³/mol. The fourth-order valence-electron chi connectivity index (χ4n) is 3.42. The van der Waals surface area contributed by atoms with Crippen molar-refractivity contribution >= 4 is 11.6 Å². The SMILES string of the molecule is CCc1nn(C)c(CN(CC)C2CCCC2CN)c1Cl. The van der Waals surface area contributed by atoms with E-state index in [1.165, 1.54) is 19.3 Å². The van der Waals surface area contributed by atoms with Crippen LogP contribution < -0.4 is 5.73 Å². The molecule has 1 saturated carbocycles.